The second-order valence-electron chi connectivity index (χ2n) is 1.43. The quantitative estimate of drug-likeness (QED) is 0.420. The summed E-state index contributed by atoms with van der Waals surface area (Å²) in [6, 6.07) is 0. The van der Waals surface area contributed by atoms with Crippen LogP contribution in [0.3, 0.4) is 0 Å². The van der Waals surface area contributed by atoms with E-state index in [1.54, 1.807) is 0 Å². The standard InChI is InChI=1S/C5H11As/c1-2-3-4-5-6/h2-5H2,1H3. The summed E-state index contributed by atoms with van der Waals surface area (Å²) >= 11 is 2.60. The van der Waals surface area contributed by atoms with Crippen LogP contribution in [-0.2, 0) is 0 Å². The molecule has 0 atom stereocenters. The molecule has 0 bridgehead atoms. The SMILES string of the molecule is CCCCC[As]. The maximum atomic E-state index is 2.60. The van der Waals surface area contributed by atoms with Crippen LogP contribution in [0.2, 0.25) is 5.21 Å². The summed E-state index contributed by atoms with van der Waals surface area (Å²) in [5.41, 5.74) is 0. The van der Waals surface area contributed by atoms with Crippen molar-refractivity contribution in [3.05, 3.63) is 0 Å². The van der Waals surface area contributed by atoms with E-state index in [1.165, 1.54) is 24.5 Å². The maximum absolute atomic E-state index is 2.60. The molecule has 0 aliphatic heterocycles. The molecule has 0 aromatic heterocycles. The van der Waals surface area contributed by atoms with Gasteiger partial charge in [0.05, 0.1) is 0 Å². The molecular formula is C5H11As. The van der Waals surface area contributed by atoms with Crippen LogP contribution >= 0.6 is 0 Å². The first-order chi connectivity index (χ1) is 2.91. The third kappa shape index (κ3) is 4.56. The van der Waals surface area contributed by atoms with Crippen LogP contribution in [-0.4, -0.2) is 16.9 Å². The molecule has 0 saturated heterocycles. The molecule has 2 radical (unpaired) electrons. The molecule has 6 heavy (non-hydrogen) atoms. The Hall–Kier alpha value is 0.558. The molecular weight excluding hydrogens is 135 g/mol. The van der Waals surface area contributed by atoms with Gasteiger partial charge in [-0.3, -0.25) is 0 Å². The molecule has 0 heterocycles. The van der Waals surface area contributed by atoms with Crippen molar-refractivity contribution in [1.29, 1.82) is 0 Å². The first kappa shape index (κ1) is 6.56. The Morgan fingerprint density at radius 1 is 1.33 bits per heavy atom. The van der Waals surface area contributed by atoms with Gasteiger partial charge in [0.25, 0.3) is 0 Å². The van der Waals surface area contributed by atoms with E-state index in [0.717, 1.165) is 0 Å². The molecule has 0 N–H and O–H groups in total. The normalized spacial score (nSPS) is 9.00. The number of hydrogen-bond donors (Lipinski definition) is 0. The van der Waals surface area contributed by atoms with E-state index in [1.807, 2.05) is 0 Å². The average Bonchev–Trinajstić information content (AvgIpc) is 1.61. The van der Waals surface area contributed by atoms with Gasteiger partial charge in [-0.1, -0.05) is 0 Å². The minimum absolute atomic E-state index is 1.29. The minimum atomic E-state index is 1.29. The summed E-state index contributed by atoms with van der Waals surface area (Å²) in [5, 5.41) is 1.29. The Bertz CT molecular complexity index is 15.9. The third-order valence-corrected chi connectivity index (χ3v) is 1.43. The van der Waals surface area contributed by atoms with Gasteiger partial charge in [-0.05, 0) is 0 Å². The fraction of sp³-hybridized carbons (Fsp3) is 1.00. The summed E-state index contributed by atoms with van der Waals surface area (Å²) in [6.45, 7) is 2.22. The molecule has 1 heteroatoms. The van der Waals surface area contributed by atoms with Crippen molar-refractivity contribution in [1.82, 2.24) is 0 Å². The Morgan fingerprint density at radius 3 is 2.17 bits per heavy atom. The summed E-state index contributed by atoms with van der Waals surface area (Å²) in [7, 11) is 0. The van der Waals surface area contributed by atoms with Gasteiger partial charge in [0, 0.05) is 0 Å². The first-order valence-electron chi connectivity index (χ1n) is 2.52. The van der Waals surface area contributed by atoms with Crippen molar-refractivity contribution in [2.45, 2.75) is 31.4 Å². The molecule has 0 aromatic carbocycles. The Kier molecular flexibility index (Phi) is 6.08. The third-order valence-electron chi connectivity index (χ3n) is 0.762. The van der Waals surface area contributed by atoms with Crippen molar-refractivity contribution >= 4 is 16.9 Å². The van der Waals surface area contributed by atoms with Gasteiger partial charge in [0.2, 0.25) is 0 Å². The molecule has 36 valence electrons. The molecule has 0 aliphatic carbocycles. The van der Waals surface area contributed by atoms with Crippen molar-refractivity contribution in [3.63, 3.8) is 0 Å². The van der Waals surface area contributed by atoms with Gasteiger partial charge in [0.15, 0.2) is 0 Å². The predicted octanol–water partition coefficient (Wildman–Crippen LogP) is 1.76. The van der Waals surface area contributed by atoms with Crippen molar-refractivity contribution in [2.24, 2.45) is 0 Å². The summed E-state index contributed by atoms with van der Waals surface area (Å²) in [6.07, 6.45) is 4.13. The van der Waals surface area contributed by atoms with Crippen LogP contribution in [0.15, 0.2) is 0 Å². The van der Waals surface area contributed by atoms with Crippen molar-refractivity contribution in [3.8, 4) is 0 Å². The number of hydrogen-bond acceptors (Lipinski definition) is 0. The topological polar surface area (TPSA) is 0 Å². The van der Waals surface area contributed by atoms with Gasteiger partial charge in [0.1, 0.15) is 0 Å². The van der Waals surface area contributed by atoms with E-state index in [4.69, 9.17) is 0 Å². The van der Waals surface area contributed by atoms with Gasteiger partial charge in [-0.25, -0.2) is 0 Å². The van der Waals surface area contributed by atoms with Crippen LogP contribution in [0.5, 0.6) is 0 Å². The van der Waals surface area contributed by atoms with Gasteiger partial charge in [-0.15, -0.1) is 0 Å². The average molecular weight is 146 g/mol. The van der Waals surface area contributed by atoms with Crippen LogP contribution in [0.25, 0.3) is 0 Å². The molecule has 0 nitrogen and oxygen atoms in total. The fourth-order valence-electron chi connectivity index (χ4n) is 0.362. The first-order valence-corrected chi connectivity index (χ1v) is 3.85. The molecule has 0 unspecified atom stereocenters. The summed E-state index contributed by atoms with van der Waals surface area (Å²) in [4.78, 5) is 0. The monoisotopic (exact) mass is 146 g/mol. The Labute approximate surface area is 48.8 Å². The Morgan fingerprint density at radius 2 is 2.00 bits per heavy atom. The summed E-state index contributed by atoms with van der Waals surface area (Å²) < 4.78 is 0. The van der Waals surface area contributed by atoms with Crippen LogP contribution < -0.4 is 0 Å². The van der Waals surface area contributed by atoms with E-state index in [0.29, 0.717) is 0 Å². The van der Waals surface area contributed by atoms with Crippen molar-refractivity contribution < 1.29 is 0 Å². The molecule has 0 spiro atoms. The molecule has 0 saturated carbocycles. The molecule has 0 aliphatic rings. The van der Waals surface area contributed by atoms with Crippen molar-refractivity contribution in [2.75, 3.05) is 0 Å². The molecule has 0 fully saturated rings. The van der Waals surface area contributed by atoms with E-state index in [2.05, 4.69) is 23.8 Å². The zero-order valence-electron chi connectivity index (χ0n) is 4.28. The van der Waals surface area contributed by atoms with E-state index in [9.17, 15) is 0 Å². The zero-order valence-corrected chi connectivity index (χ0v) is 6.15. The number of rotatable bonds is 3. The van der Waals surface area contributed by atoms with E-state index >= 15 is 0 Å². The van der Waals surface area contributed by atoms with Gasteiger partial charge >= 0.3 is 48.2 Å². The van der Waals surface area contributed by atoms with Gasteiger partial charge < -0.3 is 0 Å². The molecule has 0 amide bonds. The van der Waals surface area contributed by atoms with Crippen LogP contribution in [0, 0.1) is 0 Å². The summed E-state index contributed by atoms with van der Waals surface area (Å²) in [5.74, 6) is 0. The Balaban J connectivity index is 2.34. The van der Waals surface area contributed by atoms with Crippen LogP contribution in [0.4, 0.5) is 0 Å². The van der Waals surface area contributed by atoms with Gasteiger partial charge in [-0.2, -0.15) is 0 Å². The second-order valence-corrected chi connectivity index (χ2v) is 2.37. The zero-order chi connectivity index (χ0) is 4.83. The number of unbranched alkanes of at least 4 members (excludes halogenated alkanes) is 2. The fourth-order valence-corrected chi connectivity index (χ4v) is 0.831. The molecule has 0 rings (SSSR count). The van der Waals surface area contributed by atoms with E-state index in [-0.39, 0.29) is 0 Å². The predicted molar refractivity (Wildman–Crippen MR) is 30.1 cm³/mol. The molecule has 0 aromatic rings. The second kappa shape index (κ2) is 5.56. The van der Waals surface area contributed by atoms with Crippen LogP contribution in [0.1, 0.15) is 26.2 Å². The van der Waals surface area contributed by atoms with E-state index < -0.39 is 0 Å².